The van der Waals surface area contributed by atoms with Crippen LogP contribution in [0.25, 0.3) is 0 Å². The van der Waals surface area contributed by atoms with Gasteiger partial charge in [-0.05, 0) is 49.5 Å². The molecule has 0 atom stereocenters. The zero-order valence-electron chi connectivity index (χ0n) is 18.0. The van der Waals surface area contributed by atoms with Crippen molar-refractivity contribution >= 4 is 33.1 Å². The lowest BCUT2D eigenvalue weighted by atomic mass is 10.2. The van der Waals surface area contributed by atoms with E-state index in [1.165, 1.54) is 42.5 Å². The number of nitrogens with one attached hydrogen (secondary N) is 2. The number of anilines is 3. The van der Waals surface area contributed by atoms with Crippen LogP contribution in [0.2, 0.25) is 0 Å². The molecule has 3 aromatic rings. The number of rotatable bonds is 6. The van der Waals surface area contributed by atoms with Crippen LogP contribution >= 0.6 is 0 Å². The van der Waals surface area contributed by atoms with Crippen LogP contribution in [0.3, 0.4) is 0 Å². The first-order valence-electron chi connectivity index (χ1n) is 10.4. The molecule has 0 saturated carbocycles. The number of nitrogens with zero attached hydrogens (tertiary/aromatic N) is 3. The average molecular weight is 470 g/mol. The van der Waals surface area contributed by atoms with Crippen molar-refractivity contribution in [2.75, 3.05) is 48.2 Å². The summed E-state index contributed by atoms with van der Waals surface area (Å²) in [4.78, 5) is 21.4. The first-order valence-corrected chi connectivity index (χ1v) is 11.9. The molecule has 172 valence electrons. The van der Waals surface area contributed by atoms with Crippen molar-refractivity contribution < 1.29 is 17.6 Å². The van der Waals surface area contributed by atoms with Gasteiger partial charge in [0.15, 0.2) is 0 Å². The van der Waals surface area contributed by atoms with Gasteiger partial charge in [0.2, 0.25) is 0 Å². The predicted octanol–water partition coefficient (Wildman–Crippen LogP) is 3.03. The van der Waals surface area contributed by atoms with Crippen LogP contribution in [-0.4, -0.2) is 57.4 Å². The maximum absolute atomic E-state index is 13.8. The number of hydrogen-bond acceptors (Lipinski definition) is 6. The normalized spacial score (nSPS) is 14.7. The van der Waals surface area contributed by atoms with E-state index in [0.29, 0.717) is 5.69 Å². The molecule has 1 aliphatic heterocycles. The van der Waals surface area contributed by atoms with Gasteiger partial charge < -0.3 is 15.1 Å². The Balaban J connectivity index is 1.45. The Bertz CT molecular complexity index is 1240. The molecule has 0 aliphatic carbocycles. The molecule has 1 aromatic heterocycles. The van der Waals surface area contributed by atoms with E-state index >= 15 is 0 Å². The molecule has 0 spiro atoms. The molecule has 2 aromatic carbocycles. The van der Waals surface area contributed by atoms with E-state index in [1.54, 1.807) is 12.3 Å². The lowest BCUT2D eigenvalue weighted by Gasteiger charge is -2.33. The largest absolute Gasteiger partial charge is 0.354 e. The molecule has 1 amide bonds. The summed E-state index contributed by atoms with van der Waals surface area (Å²) in [6, 6.07) is 14.6. The number of benzene rings is 2. The highest BCUT2D eigenvalue weighted by Gasteiger charge is 2.19. The number of para-hydroxylation sites is 1. The third kappa shape index (κ3) is 5.47. The van der Waals surface area contributed by atoms with E-state index in [4.69, 9.17) is 0 Å². The fourth-order valence-electron chi connectivity index (χ4n) is 3.44. The Morgan fingerprint density at radius 2 is 1.76 bits per heavy atom. The van der Waals surface area contributed by atoms with Gasteiger partial charge in [0, 0.05) is 31.7 Å². The van der Waals surface area contributed by atoms with Crippen molar-refractivity contribution in [2.24, 2.45) is 0 Å². The quantitative estimate of drug-likeness (QED) is 0.576. The fourth-order valence-corrected chi connectivity index (χ4v) is 4.55. The fraction of sp³-hybridized carbons (Fsp3) is 0.217. The van der Waals surface area contributed by atoms with Crippen molar-refractivity contribution in [3.8, 4) is 0 Å². The van der Waals surface area contributed by atoms with Crippen LogP contribution in [-0.2, 0) is 10.0 Å². The van der Waals surface area contributed by atoms with Crippen LogP contribution in [0.4, 0.5) is 21.6 Å². The lowest BCUT2D eigenvalue weighted by Crippen LogP contribution is -2.44. The Morgan fingerprint density at radius 3 is 2.45 bits per heavy atom. The summed E-state index contributed by atoms with van der Waals surface area (Å²) in [5.74, 6) is -0.331. The minimum Gasteiger partial charge on any atom is -0.354 e. The first-order chi connectivity index (χ1) is 15.8. The van der Waals surface area contributed by atoms with Gasteiger partial charge in [0.1, 0.15) is 11.6 Å². The monoisotopic (exact) mass is 469 g/mol. The van der Waals surface area contributed by atoms with Crippen molar-refractivity contribution in [1.29, 1.82) is 0 Å². The minimum absolute atomic E-state index is 0.148. The highest BCUT2D eigenvalue weighted by Crippen LogP contribution is 2.21. The van der Waals surface area contributed by atoms with Gasteiger partial charge in [-0.2, -0.15) is 0 Å². The Morgan fingerprint density at radius 1 is 1.00 bits per heavy atom. The SMILES string of the molecule is CN1CCN(c2ccc(NC(=O)c3cccc(S(=O)(=O)Nc4ccccc4F)c3)cn2)CC1. The number of pyridine rings is 1. The van der Waals surface area contributed by atoms with Gasteiger partial charge in [-0.25, -0.2) is 17.8 Å². The molecule has 1 saturated heterocycles. The molecule has 10 heteroatoms. The van der Waals surface area contributed by atoms with E-state index in [1.807, 2.05) is 6.07 Å². The van der Waals surface area contributed by atoms with Crippen molar-refractivity contribution in [3.63, 3.8) is 0 Å². The van der Waals surface area contributed by atoms with Gasteiger partial charge in [-0.15, -0.1) is 0 Å². The molecule has 4 rings (SSSR count). The number of aromatic nitrogens is 1. The third-order valence-corrected chi connectivity index (χ3v) is 6.72. The highest BCUT2D eigenvalue weighted by molar-refractivity contribution is 7.92. The van der Waals surface area contributed by atoms with E-state index in [9.17, 15) is 17.6 Å². The zero-order valence-corrected chi connectivity index (χ0v) is 18.8. The zero-order chi connectivity index (χ0) is 23.4. The number of hydrogen-bond donors (Lipinski definition) is 2. The molecule has 8 nitrogen and oxygen atoms in total. The molecule has 2 N–H and O–H groups in total. The summed E-state index contributed by atoms with van der Waals surface area (Å²) >= 11 is 0. The van der Waals surface area contributed by atoms with Gasteiger partial charge in [0.05, 0.1) is 22.5 Å². The molecule has 0 unspecified atom stereocenters. The van der Waals surface area contributed by atoms with Crippen molar-refractivity contribution in [3.05, 3.63) is 78.2 Å². The number of piperazine rings is 1. The topological polar surface area (TPSA) is 94.6 Å². The smallest absolute Gasteiger partial charge is 0.262 e. The van der Waals surface area contributed by atoms with Crippen LogP contribution < -0.4 is 14.9 Å². The average Bonchev–Trinajstić information content (AvgIpc) is 2.82. The summed E-state index contributed by atoms with van der Waals surface area (Å²) in [6.45, 7) is 3.70. The molecule has 1 aliphatic rings. The van der Waals surface area contributed by atoms with Gasteiger partial charge >= 0.3 is 0 Å². The molecule has 1 fully saturated rings. The highest BCUT2D eigenvalue weighted by atomic mass is 32.2. The Hall–Kier alpha value is -3.50. The van der Waals surface area contributed by atoms with Gasteiger partial charge in [0.25, 0.3) is 15.9 Å². The first kappa shape index (κ1) is 22.7. The van der Waals surface area contributed by atoms with Crippen LogP contribution in [0.5, 0.6) is 0 Å². The molecule has 0 bridgehead atoms. The standard InChI is InChI=1S/C23H24FN5O3S/c1-28-11-13-29(14-12-28)22-10-9-18(16-25-22)26-23(30)17-5-4-6-19(15-17)33(31,32)27-21-8-3-2-7-20(21)24/h2-10,15-16,27H,11-14H2,1H3,(H,26,30). The third-order valence-electron chi connectivity index (χ3n) is 5.36. The second-order valence-electron chi connectivity index (χ2n) is 7.76. The van der Waals surface area contributed by atoms with Crippen molar-refractivity contribution in [2.45, 2.75) is 4.90 Å². The molecular formula is C23H24FN5O3S. The summed E-state index contributed by atoms with van der Waals surface area (Å²) in [5.41, 5.74) is 0.476. The summed E-state index contributed by atoms with van der Waals surface area (Å²) < 4.78 is 41.4. The van der Waals surface area contributed by atoms with Crippen molar-refractivity contribution in [1.82, 2.24) is 9.88 Å². The lowest BCUT2D eigenvalue weighted by molar-refractivity contribution is 0.102. The maximum atomic E-state index is 13.8. The number of likely N-dealkylation sites (N-methyl/N-ethyl adjacent to an activating group) is 1. The number of carbonyl (C=O) groups is 1. The maximum Gasteiger partial charge on any atom is 0.262 e. The predicted molar refractivity (Wildman–Crippen MR) is 126 cm³/mol. The number of carbonyl (C=O) groups excluding carboxylic acids is 1. The van der Waals surface area contributed by atoms with Gasteiger partial charge in [-0.1, -0.05) is 18.2 Å². The number of halogens is 1. The Labute approximate surface area is 192 Å². The summed E-state index contributed by atoms with van der Waals surface area (Å²) in [7, 11) is -2.00. The van der Waals surface area contributed by atoms with E-state index in [0.717, 1.165) is 38.1 Å². The second-order valence-corrected chi connectivity index (χ2v) is 9.45. The van der Waals surface area contributed by atoms with Crippen LogP contribution in [0.1, 0.15) is 10.4 Å². The number of sulfonamides is 1. The van der Waals surface area contributed by atoms with Crippen LogP contribution in [0.15, 0.2) is 71.8 Å². The van der Waals surface area contributed by atoms with E-state index in [2.05, 4.69) is 31.9 Å². The molecule has 2 heterocycles. The Kier molecular flexibility index (Phi) is 6.57. The summed E-state index contributed by atoms with van der Waals surface area (Å²) in [6.07, 6.45) is 1.58. The van der Waals surface area contributed by atoms with Gasteiger partial charge in [-0.3, -0.25) is 9.52 Å². The minimum atomic E-state index is -4.08. The summed E-state index contributed by atoms with van der Waals surface area (Å²) in [5, 5.41) is 2.73. The molecule has 33 heavy (non-hydrogen) atoms. The molecule has 0 radical (unpaired) electrons. The number of amides is 1. The van der Waals surface area contributed by atoms with E-state index in [-0.39, 0.29) is 16.1 Å². The molecular weight excluding hydrogens is 445 g/mol. The van der Waals surface area contributed by atoms with Crippen LogP contribution in [0, 0.1) is 5.82 Å². The second kappa shape index (κ2) is 9.55. The van der Waals surface area contributed by atoms with E-state index < -0.39 is 21.7 Å².